The van der Waals surface area contributed by atoms with Crippen LogP contribution in [0.4, 0.5) is 5.13 Å². The number of thiazole rings is 1. The first-order valence-corrected chi connectivity index (χ1v) is 12.9. The summed E-state index contributed by atoms with van der Waals surface area (Å²) < 4.78 is 21.6. The highest BCUT2D eigenvalue weighted by Crippen LogP contribution is 2.48. The summed E-state index contributed by atoms with van der Waals surface area (Å²) in [6, 6.07) is 8.76. The summed E-state index contributed by atoms with van der Waals surface area (Å²) in [4.78, 5) is 45.5. The monoisotopic (exact) mass is 564 g/mol. The topological polar surface area (TPSA) is 124 Å². The number of hydrogen-bond donors (Lipinski definition) is 1. The Labute approximate surface area is 235 Å². The average molecular weight is 565 g/mol. The van der Waals surface area contributed by atoms with Crippen LogP contribution in [0.15, 0.2) is 54.6 Å². The molecule has 1 saturated heterocycles. The predicted octanol–water partition coefficient (Wildman–Crippen LogP) is 4.75. The lowest BCUT2D eigenvalue weighted by molar-refractivity contribution is -0.132. The van der Waals surface area contributed by atoms with E-state index in [0.717, 1.165) is 21.8 Å². The molecule has 11 heteroatoms. The van der Waals surface area contributed by atoms with Crippen molar-refractivity contribution in [2.45, 2.75) is 19.9 Å². The van der Waals surface area contributed by atoms with Gasteiger partial charge in [0.2, 0.25) is 0 Å². The second-order valence-corrected chi connectivity index (χ2v) is 9.71. The van der Waals surface area contributed by atoms with Gasteiger partial charge in [-0.05, 0) is 43.7 Å². The molecule has 1 amide bonds. The number of aliphatic hydroxyl groups excluding tert-OH is 1. The van der Waals surface area contributed by atoms with E-state index in [1.807, 2.05) is 0 Å². The van der Waals surface area contributed by atoms with Crippen molar-refractivity contribution < 1.29 is 38.4 Å². The Kier molecular flexibility index (Phi) is 8.24. The van der Waals surface area contributed by atoms with Gasteiger partial charge in [-0.1, -0.05) is 36.1 Å². The number of para-hydroxylation sites is 1. The fraction of sp³-hybridized carbons (Fsp3) is 0.241. The number of rotatable bonds is 9. The first-order valence-electron chi connectivity index (χ1n) is 12.1. The Morgan fingerprint density at radius 3 is 2.45 bits per heavy atom. The molecule has 0 aliphatic carbocycles. The van der Waals surface area contributed by atoms with Gasteiger partial charge in [0, 0.05) is 11.1 Å². The van der Waals surface area contributed by atoms with Gasteiger partial charge in [-0.25, -0.2) is 9.78 Å². The number of esters is 1. The second kappa shape index (κ2) is 11.6. The van der Waals surface area contributed by atoms with Gasteiger partial charge < -0.3 is 24.1 Å². The maximum absolute atomic E-state index is 13.6. The summed E-state index contributed by atoms with van der Waals surface area (Å²) in [5.74, 6) is -1.67. The summed E-state index contributed by atoms with van der Waals surface area (Å²) in [6.07, 6.45) is 1.43. The molecule has 1 unspecified atom stereocenters. The molecule has 1 aromatic heterocycles. The number of amides is 1. The van der Waals surface area contributed by atoms with Gasteiger partial charge in [-0.15, -0.1) is 0 Å². The molecule has 10 nitrogen and oxygen atoms in total. The molecule has 0 spiro atoms. The predicted molar refractivity (Wildman–Crippen MR) is 149 cm³/mol. The molecule has 40 heavy (non-hydrogen) atoms. The maximum atomic E-state index is 13.6. The van der Waals surface area contributed by atoms with Gasteiger partial charge in [0.05, 0.1) is 32.6 Å². The number of nitrogens with zero attached hydrogens (tertiary/aromatic N) is 2. The molecule has 1 aliphatic rings. The molecule has 0 bridgehead atoms. The molecule has 2 heterocycles. The number of hydrogen-bond acceptors (Lipinski definition) is 10. The molecular formula is C29H28N2O8S. The SMILES string of the molecule is C=CCOC(=O)c1sc(N2C(=O)C(=O)C(=C(O)c3ccc(OC)c(C)c3)C2c2cccc(OC)c2OC)nc1C. The number of aromatic nitrogens is 1. The van der Waals surface area contributed by atoms with Crippen molar-refractivity contribution in [2.24, 2.45) is 0 Å². The molecule has 0 radical (unpaired) electrons. The van der Waals surface area contributed by atoms with Crippen molar-refractivity contribution in [1.29, 1.82) is 0 Å². The molecule has 2 aromatic carbocycles. The quantitative estimate of drug-likeness (QED) is 0.129. The van der Waals surface area contributed by atoms with Crippen LogP contribution < -0.4 is 19.1 Å². The van der Waals surface area contributed by atoms with Crippen molar-refractivity contribution in [2.75, 3.05) is 32.8 Å². The highest BCUT2D eigenvalue weighted by molar-refractivity contribution is 7.17. The molecular weight excluding hydrogens is 536 g/mol. The van der Waals surface area contributed by atoms with E-state index in [2.05, 4.69) is 11.6 Å². The minimum Gasteiger partial charge on any atom is -0.507 e. The van der Waals surface area contributed by atoms with Crippen LogP contribution >= 0.6 is 11.3 Å². The zero-order valence-electron chi connectivity index (χ0n) is 22.6. The normalized spacial score (nSPS) is 16.1. The smallest absolute Gasteiger partial charge is 0.350 e. The Morgan fingerprint density at radius 2 is 1.82 bits per heavy atom. The van der Waals surface area contributed by atoms with Crippen LogP contribution in [0.3, 0.4) is 0 Å². The van der Waals surface area contributed by atoms with Gasteiger partial charge in [0.1, 0.15) is 29.0 Å². The Hall–Kier alpha value is -4.64. The lowest BCUT2D eigenvalue weighted by Gasteiger charge is -2.25. The number of ketones is 1. The van der Waals surface area contributed by atoms with E-state index >= 15 is 0 Å². The Balaban J connectivity index is 1.97. The number of Topliss-reactive ketones (excluding diaryl/α,β-unsaturated/α-hetero) is 1. The molecule has 1 fully saturated rings. The number of carbonyl (C=O) groups is 3. The number of anilines is 1. The van der Waals surface area contributed by atoms with Crippen molar-refractivity contribution in [1.82, 2.24) is 4.98 Å². The third-order valence-corrected chi connectivity index (χ3v) is 7.49. The van der Waals surface area contributed by atoms with E-state index in [-0.39, 0.29) is 33.7 Å². The number of methoxy groups -OCH3 is 3. The van der Waals surface area contributed by atoms with Crippen LogP contribution in [0.5, 0.6) is 17.2 Å². The van der Waals surface area contributed by atoms with Crippen LogP contribution in [0.1, 0.15) is 38.1 Å². The third-order valence-electron chi connectivity index (χ3n) is 6.35. The second-order valence-electron chi connectivity index (χ2n) is 8.73. The van der Waals surface area contributed by atoms with Crippen molar-refractivity contribution >= 4 is 39.9 Å². The summed E-state index contributed by atoms with van der Waals surface area (Å²) >= 11 is 0.900. The molecule has 3 aromatic rings. The standard InChI is InChI=1S/C29H28N2O8S/c1-7-13-39-28(35)26-16(3)30-29(40-26)31-22(18-9-8-10-20(37-5)25(18)38-6)21(24(33)27(31)34)23(32)17-11-12-19(36-4)15(2)14-17/h7-12,14,22,32H,1,13H2,2-6H3. The Morgan fingerprint density at radius 1 is 1.10 bits per heavy atom. The van der Waals surface area contributed by atoms with Crippen LogP contribution in [-0.4, -0.2) is 55.7 Å². The number of benzene rings is 2. The zero-order chi connectivity index (χ0) is 29.1. The summed E-state index contributed by atoms with van der Waals surface area (Å²) in [5.41, 5.74) is 1.54. The van der Waals surface area contributed by atoms with Gasteiger partial charge in [0.15, 0.2) is 16.6 Å². The van der Waals surface area contributed by atoms with Gasteiger partial charge in [-0.2, -0.15) is 0 Å². The highest BCUT2D eigenvalue weighted by atomic mass is 32.1. The number of carbonyl (C=O) groups excluding carboxylic acids is 3. The molecule has 1 N–H and O–H groups in total. The van der Waals surface area contributed by atoms with Gasteiger partial charge >= 0.3 is 11.9 Å². The van der Waals surface area contributed by atoms with E-state index in [9.17, 15) is 19.5 Å². The first kappa shape index (κ1) is 28.4. The fourth-order valence-corrected chi connectivity index (χ4v) is 5.49. The molecule has 208 valence electrons. The minimum atomic E-state index is -1.16. The number of aliphatic hydroxyl groups is 1. The molecule has 0 saturated carbocycles. The van der Waals surface area contributed by atoms with E-state index in [1.54, 1.807) is 50.2 Å². The molecule has 1 aliphatic heterocycles. The maximum Gasteiger partial charge on any atom is 0.350 e. The zero-order valence-corrected chi connectivity index (χ0v) is 23.5. The first-order chi connectivity index (χ1) is 19.2. The van der Waals surface area contributed by atoms with Gasteiger partial charge in [-0.3, -0.25) is 14.5 Å². The number of ether oxygens (including phenoxy) is 4. The van der Waals surface area contributed by atoms with Crippen molar-refractivity contribution in [3.63, 3.8) is 0 Å². The minimum absolute atomic E-state index is 0.00168. The molecule has 1 atom stereocenters. The van der Waals surface area contributed by atoms with Crippen LogP contribution in [0.2, 0.25) is 0 Å². The van der Waals surface area contributed by atoms with E-state index in [1.165, 1.54) is 27.4 Å². The molecule has 4 rings (SSSR count). The van der Waals surface area contributed by atoms with Crippen LogP contribution in [-0.2, 0) is 14.3 Å². The third kappa shape index (κ3) is 4.91. The fourth-order valence-electron chi connectivity index (χ4n) is 4.51. The van der Waals surface area contributed by atoms with Crippen molar-refractivity contribution in [3.05, 3.63) is 81.9 Å². The lowest BCUT2D eigenvalue weighted by Crippen LogP contribution is -2.29. The van der Waals surface area contributed by atoms with E-state index in [0.29, 0.717) is 28.3 Å². The Bertz CT molecular complexity index is 1540. The summed E-state index contributed by atoms with van der Waals surface area (Å²) in [7, 11) is 4.42. The van der Waals surface area contributed by atoms with E-state index in [4.69, 9.17) is 18.9 Å². The number of aryl methyl sites for hydroxylation is 2. The summed E-state index contributed by atoms with van der Waals surface area (Å²) in [5, 5.41) is 11.6. The summed E-state index contributed by atoms with van der Waals surface area (Å²) in [6.45, 7) is 6.93. The average Bonchev–Trinajstić information content (AvgIpc) is 3.46. The largest absolute Gasteiger partial charge is 0.507 e. The van der Waals surface area contributed by atoms with Gasteiger partial charge in [0.25, 0.3) is 5.78 Å². The van der Waals surface area contributed by atoms with Crippen molar-refractivity contribution in [3.8, 4) is 17.2 Å². The van der Waals surface area contributed by atoms with Crippen LogP contribution in [0, 0.1) is 13.8 Å². The van der Waals surface area contributed by atoms with E-state index < -0.39 is 23.7 Å². The van der Waals surface area contributed by atoms with Crippen LogP contribution in [0.25, 0.3) is 5.76 Å². The highest BCUT2D eigenvalue weighted by Gasteiger charge is 2.49. The lowest BCUT2D eigenvalue weighted by atomic mass is 9.94.